The molecule has 0 radical (unpaired) electrons. The highest BCUT2D eigenvalue weighted by Gasteiger charge is 2.36. The van der Waals surface area contributed by atoms with Gasteiger partial charge in [-0.05, 0) is 36.2 Å². The molecule has 1 amide bonds. The Bertz CT molecular complexity index is 985. The van der Waals surface area contributed by atoms with Gasteiger partial charge in [-0.2, -0.15) is 0 Å². The van der Waals surface area contributed by atoms with Crippen LogP contribution in [0.25, 0.3) is 0 Å². The maximum absolute atomic E-state index is 13.1. The van der Waals surface area contributed by atoms with E-state index in [2.05, 4.69) is 22.8 Å². The number of carbonyl (C=O) groups is 2. The van der Waals surface area contributed by atoms with E-state index in [0.717, 1.165) is 61.7 Å². The minimum Gasteiger partial charge on any atom is -0.495 e. The van der Waals surface area contributed by atoms with Crippen molar-refractivity contribution in [1.82, 2.24) is 4.90 Å². The smallest absolute Gasteiger partial charge is 0.335 e. The van der Waals surface area contributed by atoms with E-state index >= 15 is 0 Å². The van der Waals surface area contributed by atoms with Gasteiger partial charge in [0.1, 0.15) is 5.75 Å². The van der Waals surface area contributed by atoms with Crippen LogP contribution >= 0.6 is 0 Å². The quantitative estimate of drug-likeness (QED) is 0.711. The molecule has 0 aromatic heterocycles. The molecule has 0 spiro atoms. The molecule has 1 saturated heterocycles. The molecule has 2 aliphatic heterocycles. The molecule has 0 saturated carbocycles. The van der Waals surface area contributed by atoms with Crippen LogP contribution in [-0.4, -0.2) is 61.7 Å². The molecule has 170 valence electrons. The normalized spacial score (nSPS) is 19.1. The number of anilines is 2. The molecule has 0 bridgehead atoms. The van der Waals surface area contributed by atoms with Crippen molar-refractivity contribution in [3.8, 4) is 5.75 Å². The van der Waals surface area contributed by atoms with Gasteiger partial charge in [-0.25, -0.2) is 4.79 Å². The van der Waals surface area contributed by atoms with E-state index in [0.29, 0.717) is 13.0 Å². The SMILES string of the molecule is CCCCN1C(=O)CC(N2CCN(c3ccccc3OC)CC2)c2ccc(C(=O)O)cc21. The van der Waals surface area contributed by atoms with E-state index in [1.54, 1.807) is 24.1 Å². The third-order valence-electron chi connectivity index (χ3n) is 6.51. The average molecular weight is 438 g/mol. The number of nitrogens with zero attached hydrogens (tertiary/aromatic N) is 3. The number of benzene rings is 2. The van der Waals surface area contributed by atoms with Gasteiger partial charge in [-0.1, -0.05) is 31.5 Å². The van der Waals surface area contributed by atoms with Crippen molar-refractivity contribution in [1.29, 1.82) is 0 Å². The first-order valence-electron chi connectivity index (χ1n) is 11.3. The molecule has 1 unspecified atom stereocenters. The molecule has 7 nitrogen and oxygen atoms in total. The van der Waals surface area contributed by atoms with Gasteiger partial charge in [0.2, 0.25) is 5.91 Å². The van der Waals surface area contributed by atoms with Crippen LogP contribution in [0.15, 0.2) is 42.5 Å². The molecule has 4 rings (SSSR count). The van der Waals surface area contributed by atoms with Crippen LogP contribution in [-0.2, 0) is 4.79 Å². The molecule has 0 aliphatic carbocycles. The number of piperazine rings is 1. The predicted molar refractivity (Wildman–Crippen MR) is 125 cm³/mol. The molecule has 32 heavy (non-hydrogen) atoms. The summed E-state index contributed by atoms with van der Waals surface area (Å²) < 4.78 is 5.52. The number of carbonyl (C=O) groups excluding carboxylic acids is 1. The Morgan fingerprint density at radius 2 is 1.84 bits per heavy atom. The molecule has 1 N–H and O–H groups in total. The lowest BCUT2D eigenvalue weighted by Gasteiger charge is -2.44. The van der Waals surface area contributed by atoms with Crippen LogP contribution in [0.1, 0.15) is 48.1 Å². The summed E-state index contributed by atoms with van der Waals surface area (Å²) in [5.41, 5.74) is 3.12. The largest absolute Gasteiger partial charge is 0.495 e. The number of para-hydroxylation sites is 2. The lowest BCUT2D eigenvalue weighted by atomic mass is 9.92. The molecule has 2 aromatic rings. The summed E-state index contributed by atoms with van der Waals surface area (Å²) in [7, 11) is 1.69. The van der Waals surface area contributed by atoms with E-state index in [9.17, 15) is 14.7 Å². The number of unbranched alkanes of at least 4 members (excludes halogenated alkanes) is 1. The lowest BCUT2D eigenvalue weighted by Crippen LogP contribution is -2.50. The van der Waals surface area contributed by atoms with Gasteiger partial charge in [0.25, 0.3) is 0 Å². The summed E-state index contributed by atoms with van der Waals surface area (Å²) in [5, 5.41) is 9.48. The van der Waals surface area contributed by atoms with Crippen LogP contribution < -0.4 is 14.5 Å². The first-order valence-corrected chi connectivity index (χ1v) is 11.3. The Hall–Kier alpha value is -3.06. The summed E-state index contributed by atoms with van der Waals surface area (Å²) in [6, 6.07) is 13.2. The Morgan fingerprint density at radius 3 is 2.53 bits per heavy atom. The summed E-state index contributed by atoms with van der Waals surface area (Å²) >= 11 is 0. The summed E-state index contributed by atoms with van der Waals surface area (Å²) in [5.74, 6) is -0.0270. The summed E-state index contributed by atoms with van der Waals surface area (Å²) in [6.45, 7) is 6.04. The summed E-state index contributed by atoms with van der Waals surface area (Å²) in [4.78, 5) is 31.1. The number of methoxy groups -OCH3 is 1. The van der Waals surface area contributed by atoms with Gasteiger partial charge in [0.05, 0.1) is 18.4 Å². The van der Waals surface area contributed by atoms with Gasteiger partial charge >= 0.3 is 5.97 Å². The Morgan fingerprint density at radius 1 is 1.09 bits per heavy atom. The van der Waals surface area contributed by atoms with Crippen molar-refractivity contribution in [2.75, 3.05) is 49.6 Å². The fourth-order valence-corrected chi connectivity index (χ4v) is 4.76. The minimum absolute atomic E-state index is 0.0296. The molecule has 1 fully saturated rings. The first kappa shape index (κ1) is 22.1. The van der Waals surface area contributed by atoms with E-state index in [4.69, 9.17) is 4.74 Å². The summed E-state index contributed by atoms with van der Waals surface area (Å²) in [6.07, 6.45) is 2.30. The van der Waals surface area contributed by atoms with Crippen molar-refractivity contribution in [3.05, 3.63) is 53.6 Å². The second-order valence-corrected chi connectivity index (χ2v) is 8.39. The van der Waals surface area contributed by atoms with Crippen molar-refractivity contribution >= 4 is 23.3 Å². The number of ether oxygens (including phenoxy) is 1. The molecule has 1 atom stereocenters. The van der Waals surface area contributed by atoms with Gasteiger partial charge in [-0.3, -0.25) is 9.69 Å². The molecule has 2 heterocycles. The fourth-order valence-electron chi connectivity index (χ4n) is 4.76. The zero-order valence-electron chi connectivity index (χ0n) is 18.8. The second kappa shape index (κ2) is 9.61. The highest BCUT2D eigenvalue weighted by molar-refractivity contribution is 5.99. The number of aromatic carboxylic acids is 1. The van der Waals surface area contributed by atoms with Crippen LogP contribution in [0.4, 0.5) is 11.4 Å². The lowest BCUT2D eigenvalue weighted by molar-refractivity contribution is -0.120. The maximum Gasteiger partial charge on any atom is 0.335 e. The van der Waals surface area contributed by atoms with Gasteiger partial charge in [-0.15, -0.1) is 0 Å². The molecular weight excluding hydrogens is 406 g/mol. The predicted octanol–water partition coefficient (Wildman–Crippen LogP) is 3.79. The van der Waals surface area contributed by atoms with Crippen LogP contribution in [0.2, 0.25) is 0 Å². The van der Waals surface area contributed by atoms with E-state index < -0.39 is 5.97 Å². The zero-order valence-corrected chi connectivity index (χ0v) is 18.8. The fraction of sp³-hybridized carbons (Fsp3) is 0.440. The Kier molecular flexibility index (Phi) is 6.65. The highest BCUT2D eigenvalue weighted by atomic mass is 16.5. The zero-order chi connectivity index (χ0) is 22.7. The van der Waals surface area contributed by atoms with Crippen molar-refractivity contribution in [2.45, 2.75) is 32.2 Å². The minimum atomic E-state index is -0.969. The van der Waals surface area contributed by atoms with Crippen molar-refractivity contribution < 1.29 is 19.4 Å². The number of hydrogen-bond acceptors (Lipinski definition) is 5. The van der Waals surface area contributed by atoms with Crippen molar-refractivity contribution in [2.24, 2.45) is 0 Å². The third-order valence-corrected chi connectivity index (χ3v) is 6.51. The number of rotatable bonds is 7. The van der Waals surface area contributed by atoms with Gasteiger partial charge in [0, 0.05) is 50.9 Å². The number of carboxylic acids is 1. The number of fused-ring (bicyclic) bond motifs is 1. The maximum atomic E-state index is 13.1. The molecular formula is C25H31N3O4. The van der Waals surface area contributed by atoms with Gasteiger partial charge in [0.15, 0.2) is 0 Å². The number of carboxylic acid groups (broad SMARTS) is 1. The second-order valence-electron chi connectivity index (χ2n) is 8.39. The average Bonchev–Trinajstić information content (AvgIpc) is 2.82. The molecule has 7 heteroatoms. The highest BCUT2D eigenvalue weighted by Crippen LogP contribution is 2.40. The topological polar surface area (TPSA) is 73.3 Å². The van der Waals surface area contributed by atoms with E-state index in [1.807, 2.05) is 24.3 Å². The molecule has 2 aliphatic rings. The Balaban J connectivity index is 1.57. The van der Waals surface area contributed by atoms with Crippen LogP contribution in [0.5, 0.6) is 5.75 Å². The van der Waals surface area contributed by atoms with Crippen LogP contribution in [0, 0.1) is 0 Å². The number of amides is 1. The van der Waals surface area contributed by atoms with Gasteiger partial charge < -0.3 is 19.6 Å². The standard InChI is InChI=1S/C25H31N3O4/c1-3-4-11-28-22-16-18(25(30)31)9-10-19(22)21(17-24(28)29)27-14-12-26(13-15-27)20-7-5-6-8-23(20)32-2/h5-10,16,21H,3-4,11-15,17H2,1-2H3,(H,30,31). The Labute approximate surface area is 189 Å². The van der Waals surface area contributed by atoms with Crippen LogP contribution in [0.3, 0.4) is 0 Å². The third kappa shape index (κ3) is 4.30. The van der Waals surface area contributed by atoms with E-state index in [-0.39, 0.29) is 17.5 Å². The number of hydrogen-bond donors (Lipinski definition) is 1. The molecule has 2 aromatic carbocycles. The monoisotopic (exact) mass is 437 g/mol. The van der Waals surface area contributed by atoms with Crippen molar-refractivity contribution in [3.63, 3.8) is 0 Å². The van der Waals surface area contributed by atoms with E-state index in [1.165, 1.54) is 0 Å². The first-order chi connectivity index (χ1) is 15.5.